The van der Waals surface area contributed by atoms with Crippen LogP contribution in [0.2, 0.25) is 0 Å². The van der Waals surface area contributed by atoms with Gasteiger partial charge in [0.2, 0.25) is 0 Å². The number of morpholine rings is 1. The van der Waals surface area contributed by atoms with Gasteiger partial charge in [-0.25, -0.2) is 4.98 Å². The first-order chi connectivity index (χ1) is 12.2. The Labute approximate surface area is 150 Å². The van der Waals surface area contributed by atoms with Crippen molar-refractivity contribution in [3.8, 4) is 0 Å². The molecule has 4 rings (SSSR count). The maximum Gasteiger partial charge on any atom is 0.273 e. The molecule has 0 N–H and O–H groups in total. The maximum atomic E-state index is 12.4. The molecule has 1 aromatic heterocycles. The summed E-state index contributed by atoms with van der Waals surface area (Å²) in [5, 5.41) is 1.78. The zero-order valence-corrected chi connectivity index (χ0v) is 14.6. The second-order valence-electron chi connectivity index (χ2n) is 6.45. The third-order valence-corrected chi connectivity index (χ3v) is 5.52. The van der Waals surface area contributed by atoms with E-state index in [1.807, 2.05) is 35.2 Å². The molecule has 2 saturated heterocycles. The molecule has 2 aliphatic rings. The quantitative estimate of drug-likeness (QED) is 0.826. The number of piperidine rings is 1. The van der Waals surface area contributed by atoms with E-state index in [0.717, 1.165) is 18.5 Å². The van der Waals surface area contributed by atoms with Gasteiger partial charge in [-0.05, 0) is 25.0 Å². The first-order valence-electron chi connectivity index (χ1n) is 8.34. The Hall–Kier alpha value is -2.25. The van der Waals surface area contributed by atoms with Crippen LogP contribution in [0.5, 0.6) is 0 Å². The second kappa shape index (κ2) is 6.57. The number of hydrogen-bond donors (Lipinski definition) is 0. The van der Waals surface area contributed by atoms with Gasteiger partial charge < -0.3 is 14.5 Å². The van der Waals surface area contributed by atoms with Gasteiger partial charge in [0.1, 0.15) is 12.3 Å². The first kappa shape index (κ1) is 16.2. The molecule has 0 saturated carbocycles. The van der Waals surface area contributed by atoms with Crippen molar-refractivity contribution in [2.45, 2.75) is 18.4 Å². The molecule has 2 fully saturated rings. The lowest BCUT2D eigenvalue weighted by atomic mass is 9.89. The normalized spacial score (nSPS) is 20.1. The highest BCUT2D eigenvalue weighted by molar-refractivity contribution is 7.07. The predicted molar refractivity (Wildman–Crippen MR) is 94.7 cm³/mol. The molecule has 2 aliphatic heterocycles. The highest BCUT2D eigenvalue weighted by Gasteiger charge is 2.43. The summed E-state index contributed by atoms with van der Waals surface area (Å²) < 4.78 is 5.95. The predicted octanol–water partition coefficient (Wildman–Crippen LogP) is 2.18. The number of thiazole rings is 1. The maximum absolute atomic E-state index is 12.4. The number of carbonyl (C=O) groups excluding carboxylic acids is 2. The number of aromatic nitrogens is 1. The average molecular weight is 357 g/mol. The summed E-state index contributed by atoms with van der Waals surface area (Å²) in [6.07, 6.45) is 1.44. The molecule has 7 heteroatoms. The fraction of sp³-hybridized carbons (Fsp3) is 0.389. The Morgan fingerprint density at radius 1 is 1.20 bits per heavy atom. The molecule has 0 atom stereocenters. The van der Waals surface area contributed by atoms with Crippen LogP contribution in [0.3, 0.4) is 0 Å². The third-order valence-electron chi connectivity index (χ3n) is 4.93. The number of nitrogens with zero attached hydrogens (tertiary/aromatic N) is 3. The lowest BCUT2D eigenvalue weighted by molar-refractivity contribution is -0.143. The lowest BCUT2D eigenvalue weighted by Crippen LogP contribution is -2.59. The third kappa shape index (κ3) is 3.17. The number of rotatable bonds is 2. The fourth-order valence-electron chi connectivity index (χ4n) is 3.46. The molecule has 1 aromatic carbocycles. The van der Waals surface area contributed by atoms with E-state index in [1.165, 1.54) is 11.3 Å². The number of carbonyl (C=O) groups is 2. The van der Waals surface area contributed by atoms with E-state index in [2.05, 4.69) is 4.98 Å². The number of ether oxygens (including phenoxy) is 1. The molecule has 2 amide bonds. The largest absolute Gasteiger partial charge is 0.363 e. The molecular formula is C18H19N3O3S. The van der Waals surface area contributed by atoms with Crippen molar-refractivity contribution >= 4 is 28.8 Å². The van der Waals surface area contributed by atoms with Crippen LogP contribution >= 0.6 is 11.3 Å². The summed E-state index contributed by atoms with van der Waals surface area (Å²) in [6.45, 7) is 1.86. The topological polar surface area (TPSA) is 62.7 Å². The summed E-state index contributed by atoms with van der Waals surface area (Å²) in [7, 11) is 0. The summed E-state index contributed by atoms with van der Waals surface area (Å²) in [5.41, 5.74) is 2.71. The summed E-state index contributed by atoms with van der Waals surface area (Å²) in [5.74, 6) is -0.0410. The molecule has 0 radical (unpaired) electrons. The minimum Gasteiger partial charge on any atom is -0.363 e. The standard InChI is InChI=1S/C18H19N3O3S/c22-16-10-24-18(12-21(16)14-4-2-1-3-5-14)6-8-20(9-7-18)17(23)15-11-25-13-19-15/h1-5,11,13H,6-10,12H2. The van der Waals surface area contributed by atoms with Gasteiger partial charge >= 0.3 is 0 Å². The minimum atomic E-state index is -0.372. The van der Waals surface area contributed by atoms with E-state index >= 15 is 0 Å². The SMILES string of the molecule is O=C(c1cscn1)N1CCC2(CC1)CN(c1ccccc1)C(=O)CO2. The Morgan fingerprint density at radius 3 is 2.64 bits per heavy atom. The summed E-state index contributed by atoms with van der Waals surface area (Å²) >= 11 is 1.42. The van der Waals surface area contributed by atoms with Gasteiger partial charge in [0.25, 0.3) is 11.8 Å². The molecule has 2 aromatic rings. The van der Waals surface area contributed by atoms with Crippen molar-refractivity contribution in [2.75, 3.05) is 31.1 Å². The van der Waals surface area contributed by atoms with Crippen LogP contribution < -0.4 is 4.90 Å². The van der Waals surface area contributed by atoms with E-state index in [4.69, 9.17) is 4.74 Å². The minimum absolute atomic E-state index is 0.0159. The number of likely N-dealkylation sites (tertiary alicyclic amines) is 1. The Bertz CT molecular complexity index is 755. The molecule has 0 unspecified atom stereocenters. The van der Waals surface area contributed by atoms with Crippen molar-refractivity contribution in [1.29, 1.82) is 0 Å². The van der Waals surface area contributed by atoms with E-state index in [-0.39, 0.29) is 24.0 Å². The van der Waals surface area contributed by atoms with Crippen molar-refractivity contribution in [1.82, 2.24) is 9.88 Å². The van der Waals surface area contributed by atoms with Gasteiger partial charge in [-0.15, -0.1) is 11.3 Å². The van der Waals surface area contributed by atoms with Crippen molar-refractivity contribution < 1.29 is 14.3 Å². The Morgan fingerprint density at radius 2 is 1.96 bits per heavy atom. The van der Waals surface area contributed by atoms with Crippen molar-refractivity contribution in [2.24, 2.45) is 0 Å². The van der Waals surface area contributed by atoms with Gasteiger partial charge in [0.05, 0.1) is 17.7 Å². The van der Waals surface area contributed by atoms with Crippen molar-refractivity contribution in [3.05, 3.63) is 46.9 Å². The molecule has 6 nitrogen and oxygen atoms in total. The van der Waals surface area contributed by atoms with Crippen LogP contribution in [0.4, 0.5) is 5.69 Å². The number of anilines is 1. The smallest absolute Gasteiger partial charge is 0.273 e. The number of benzene rings is 1. The Kier molecular flexibility index (Phi) is 4.27. The van der Waals surface area contributed by atoms with Crippen LogP contribution in [0.25, 0.3) is 0 Å². The summed E-state index contributed by atoms with van der Waals surface area (Å²) in [6, 6.07) is 9.68. The molecule has 3 heterocycles. The average Bonchev–Trinajstić information content (AvgIpc) is 3.20. The van der Waals surface area contributed by atoms with Crippen molar-refractivity contribution in [3.63, 3.8) is 0 Å². The van der Waals surface area contributed by atoms with Crippen LogP contribution in [0.15, 0.2) is 41.2 Å². The second-order valence-corrected chi connectivity index (χ2v) is 7.17. The van der Waals surface area contributed by atoms with E-state index in [9.17, 15) is 9.59 Å². The van der Waals surface area contributed by atoms with Gasteiger partial charge in [0, 0.05) is 24.2 Å². The molecule has 130 valence electrons. The van der Waals surface area contributed by atoms with Gasteiger partial charge in [0.15, 0.2) is 0 Å². The Balaban J connectivity index is 1.45. The van der Waals surface area contributed by atoms with E-state index in [0.29, 0.717) is 25.3 Å². The molecule has 0 bridgehead atoms. The number of amides is 2. The van der Waals surface area contributed by atoms with E-state index in [1.54, 1.807) is 15.8 Å². The highest BCUT2D eigenvalue weighted by Crippen LogP contribution is 2.33. The number of para-hydroxylation sites is 1. The summed E-state index contributed by atoms with van der Waals surface area (Å²) in [4.78, 5) is 32.4. The van der Waals surface area contributed by atoms with Gasteiger partial charge in [-0.3, -0.25) is 9.59 Å². The molecule has 25 heavy (non-hydrogen) atoms. The van der Waals surface area contributed by atoms with Gasteiger partial charge in [-0.1, -0.05) is 18.2 Å². The first-order valence-corrected chi connectivity index (χ1v) is 9.28. The van der Waals surface area contributed by atoms with Crippen LogP contribution in [-0.2, 0) is 9.53 Å². The highest BCUT2D eigenvalue weighted by atomic mass is 32.1. The number of hydrogen-bond acceptors (Lipinski definition) is 5. The van der Waals surface area contributed by atoms with Crippen LogP contribution in [-0.4, -0.2) is 53.5 Å². The van der Waals surface area contributed by atoms with E-state index < -0.39 is 0 Å². The van der Waals surface area contributed by atoms with Gasteiger partial charge in [-0.2, -0.15) is 0 Å². The lowest BCUT2D eigenvalue weighted by Gasteiger charge is -2.46. The van der Waals surface area contributed by atoms with Crippen LogP contribution in [0, 0.1) is 0 Å². The fourth-order valence-corrected chi connectivity index (χ4v) is 3.98. The molecule has 0 aliphatic carbocycles. The zero-order valence-electron chi connectivity index (χ0n) is 13.8. The monoisotopic (exact) mass is 357 g/mol. The molecular weight excluding hydrogens is 338 g/mol. The van der Waals surface area contributed by atoms with Crippen LogP contribution in [0.1, 0.15) is 23.3 Å². The zero-order chi connectivity index (χ0) is 17.3. The molecule has 1 spiro atoms.